The molecule has 0 aliphatic heterocycles. The molecule has 0 aromatic heterocycles. The van der Waals surface area contributed by atoms with Crippen molar-refractivity contribution in [1.29, 1.82) is 5.26 Å². The number of fused-ring (bicyclic) bond motifs is 6. The lowest BCUT2D eigenvalue weighted by Crippen LogP contribution is -2.16. The number of nitriles is 1. The van der Waals surface area contributed by atoms with Crippen LogP contribution in [0.25, 0.3) is 65.7 Å². The molecule has 0 unspecified atom stereocenters. The zero-order valence-electron chi connectivity index (χ0n) is 30.2. The topological polar surface area (TPSA) is 27.0 Å². The van der Waals surface area contributed by atoms with E-state index >= 15 is 0 Å². The molecule has 0 saturated carbocycles. The molecular formula is C52H36N2. The Balaban J connectivity index is 1.14. The van der Waals surface area contributed by atoms with Gasteiger partial charge in [0.15, 0.2) is 0 Å². The van der Waals surface area contributed by atoms with Crippen LogP contribution >= 0.6 is 0 Å². The predicted molar refractivity (Wildman–Crippen MR) is 227 cm³/mol. The van der Waals surface area contributed by atoms with Gasteiger partial charge in [0, 0.05) is 22.5 Å². The van der Waals surface area contributed by atoms with Gasteiger partial charge in [-0.15, -0.1) is 0 Å². The maximum absolute atomic E-state index is 9.60. The van der Waals surface area contributed by atoms with Gasteiger partial charge in [0.2, 0.25) is 0 Å². The highest BCUT2D eigenvalue weighted by Crippen LogP contribution is 2.51. The number of benzene rings is 9. The van der Waals surface area contributed by atoms with Crippen LogP contribution in [0, 0.1) is 11.3 Å². The highest BCUT2D eigenvalue weighted by atomic mass is 15.1. The molecule has 10 rings (SSSR count). The van der Waals surface area contributed by atoms with E-state index in [1.807, 2.05) is 24.3 Å². The summed E-state index contributed by atoms with van der Waals surface area (Å²) in [5.41, 5.74) is 13.9. The number of anilines is 3. The zero-order valence-corrected chi connectivity index (χ0v) is 30.2. The molecule has 0 heterocycles. The normalized spacial score (nSPS) is 12.8. The van der Waals surface area contributed by atoms with E-state index in [9.17, 15) is 5.26 Å². The second-order valence-electron chi connectivity index (χ2n) is 14.8. The van der Waals surface area contributed by atoms with Crippen LogP contribution in [0.4, 0.5) is 17.1 Å². The van der Waals surface area contributed by atoms with Gasteiger partial charge in [0.05, 0.1) is 11.6 Å². The van der Waals surface area contributed by atoms with E-state index in [-0.39, 0.29) is 5.41 Å². The summed E-state index contributed by atoms with van der Waals surface area (Å²) in [6, 6.07) is 67.9. The first-order valence-corrected chi connectivity index (χ1v) is 18.6. The van der Waals surface area contributed by atoms with Crippen LogP contribution in [0.5, 0.6) is 0 Å². The van der Waals surface area contributed by atoms with E-state index in [2.05, 4.69) is 183 Å². The minimum atomic E-state index is -0.123. The standard InChI is InChI=1S/C52H36N2/c1-52(2)48-21-10-9-15-41(48)42-31-30-39(32-49(42)52)54(37-26-22-34(33-53)23-27-37)38-28-24-36(25-29-38)50-44-16-5-7-18-46(44)51(47-19-8-6-17-45(47)50)43-20-11-13-35-12-3-4-14-40(35)43/h3-32H,1-2H3. The summed E-state index contributed by atoms with van der Waals surface area (Å²) in [5, 5.41) is 17.1. The van der Waals surface area contributed by atoms with Gasteiger partial charge in [0.1, 0.15) is 0 Å². The number of hydrogen-bond donors (Lipinski definition) is 0. The first-order chi connectivity index (χ1) is 26.5. The summed E-state index contributed by atoms with van der Waals surface area (Å²) in [6.45, 7) is 4.64. The van der Waals surface area contributed by atoms with Gasteiger partial charge >= 0.3 is 0 Å². The van der Waals surface area contributed by atoms with E-state index in [1.165, 1.54) is 76.8 Å². The molecule has 0 fully saturated rings. The summed E-state index contributed by atoms with van der Waals surface area (Å²) in [4.78, 5) is 2.31. The van der Waals surface area contributed by atoms with Gasteiger partial charge in [-0.3, -0.25) is 0 Å². The Morgan fingerprint density at radius 2 is 0.926 bits per heavy atom. The molecule has 0 radical (unpaired) electrons. The van der Waals surface area contributed by atoms with Crippen LogP contribution < -0.4 is 4.90 Å². The second kappa shape index (κ2) is 12.3. The van der Waals surface area contributed by atoms with Crippen molar-refractivity contribution in [3.05, 3.63) is 199 Å². The van der Waals surface area contributed by atoms with Crippen molar-refractivity contribution in [2.45, 2.75) is 19.3 Å². The molecular weight excluding hydrogens is 653 g/mol. The van der Waals surface area contributed by atoms with Crippen molar-refractivity contribution in [3.8, 4) is 39.4 Å². The van der Waals surface area contributed by atoms with Crippen LogP contribution in [0.1, 0.15) is 30.5 Å². The lowest BCUT2D eigenvalue weighted by molar-refractivity contribution is 0.660. The maximum atomic E-state index is 9.60. The number of hydrogen-bond acceptors (Lipinski definition) is 2. The fraction of sp³-hybridized carbons (Fsp3) is 0.0577. The monoisotopic (exact) mass is 688 g/mol. The zero-order chi connectivity index (χ0) is 36.4. The Labute approximate surface area is 315 Å². The molecule has 0 N–H and O–H groups in total. The Bertz CT molecular complexity index is 2900. The summed E-state index contributed by atoms with van der Waals surface area (Å²) in [6.07, 6.45) is 0. The molecule has 0 amide bonds. The smallest absolute Gasteiger partial charge is 0.0991 e. The SMILES string of the molecule is CC1(C)c2ccccc2-c2ccc(N(c3ccc(C#N)cc3)c3ccc(-c4c5ccccc5c(-c5cccc6ccccc56)c5ccccc45)cc3)cc21. The van der Waals surface area contributed by atoms with Crippen molar-refractivity contribution in [1.82, 2.24) is 0 Å². The van der Waals surface area contributed by atoms with Gasteiger partial charge in [-0.25, -0.2) is 0 Å². The molecule has 1 aliphatic carbocycles. The molecule has 54 heavy (non-hydrogen) atoms. The average molecular weight is 689 g/mol. The summed E-state index contributed by atoms with van der Waals surface area (Å²) >= 11 is 0. The quantitative estimate of drug-likeness (QED) is 0.168. The fourth-order valence-corrected chi connectivity index (χ4v) is 8.91. The largest absolute Gasteiger partial charge is 0.310 e. The first-order valence-electron chi connectivity index (χ1n) is 18.6. The minimum absolute atomic E-state index is 0.123. The Hall–Kier alpha value is -6.95. The van der Waals surface area contributed by atoms with Crippen LogP contribution in [-0.2, 0) is 5.41 Å². The average Bonchev–Trinajstić information content (AvgIpc) is 3.46. The molecule has 0 saturated heterocycles. The number of nitrogens with zero attached hydrogens (tertiary/aromatic N) is 2. The van der Waals surface area contributed by atoms with Crippen molar-refractivity contribution in [2.24, 2.45) is 0 Å². The summed E-state index contributed by atoms with van der Waals surface area (Å²) in [5.74, 6) is 0. The fourth-order valence-electron chi connectivity index (χ4n) is 8.91. The van der Waals surface area contributed by atoms with Crippen molar-refractivity contribution in [3.63, 3.8) is 0 Å². The highest BCUT2D eigenvalue weighted by Gasteiger charge is 2.35. The molecule has 9 aromatic carbocycles. The van der Waals surface area contributed by atoms with E-state index in [0.717, 1.165) is 17.1 Å². The molecule has 1 aliphatic rings. The van der Waals surface area contributed by atoms with Crippen LogP contribution in [0.15, 0.2) is 182 Å². The third-order valence-corrected chi connectivity index (χ3v) is 11.5. The number of rotatable bonds is 5. The van der Waals surface area contributed by atoms with Crippen LogP contribution in [-0.4, -0.2) is 0 Å². The van der Waals surface area contributed by atoms with Gasteiger partial charge in [-0.05, 0) is 125 Å². The second-order valence-corrected chi connectivity index (χ2v) is 14.8. The predicted octanol–water partition coefficient (Wildman–Crippen LogP) is 14.1. The molecule has 2 heteroatoms. The minimum Gasteiger partial charge on any atom is -0.310 e. The van der Waals surface area contributed by atoms with E-state index in [1.54, 1.807) is 0 Å². The third kappa shape index (κ3) is 4.86. The molecule has 0 spiro atoms. The van der Waals surface area contributed by atoms with Gasteiger partial charge in [-0.1, -0.05) is 147 Å². The van der Waals surface area contributed by atoms with Crippen molar-refractivity contribution >= 4 is 49.4 Å². The van der Waals surface area contributed by atoms with Crippen molar-refractivity contribution in [2.75, 3.05) is 4.90 Å². The van der Waals surface area contributed by atoms with Gasteiger partial charge in [-0.2, -0.15) is 5.26 Å². The Morgan fingerprint density at radius 3 is 1.59 bits per heavy atom. The summed E-state index contributed by atoms with van der Waals surface area (Å²) < 4.78 is 0. The van der Waals surface area contributed by atoms with Gasteiger partial charge in [0.25, 0.3) is 0 Å². The van der Waals surface area contributed by atoms with Gasteiger partial charge < -0.3 is 4.90 Å². The maximum Gasteiger partial charge on any atom is 0.0991 e. The first kappa shape index (κ1) is 31.8. The molecule has 0 bridgehead atoms. The Kier molecular flexibility index (Phi) is 7.25. The molecule has 9 aromatic rings. The van der Waals surface area contributed by atoms with Crippen LogP contribution in [0.3, 0.4) is 0 Å². The Morgan fingerprint density at radius 1 is 0.426 bits per heavy atom. The molecule has 0 atom stereocenters. The molecule has 2 nitrogen and oxygen atoms in total. The van der Waals surface area contributed by atoms with E-state index in [0.29, 0.717) is 5.56 Å². The molecule has 254 valence electrons. The third-order valence-electron chi connectivity index (χ3n) is 11.5. The lowest BCUT2D eigenvalue weighted by Gasteiger charge is -2.28. The van der Waals surface area contributed by atoms with Crippen molar-refractivity contribution < 1.29 is 0 Å². The van der Waals surface area contributed by atoms with E-state index in [4.69, 9.17) is 0 Å². The highest BCUT2D eigenvalue weighted by molar-refractivity contribution is 6.23. The van der Waals surface area contributed by atoms with E-state index < -0.39 is 0 Å². The lowest BCUT2D eigenvalue weighted by atomic mass is 9.82. The summed E-state index contributed by atoms with van der Waals surface area (Å²) in [7, 11) is 0. The van der Waals surface area contributed by atoms with Crippen LogP contribution in [0.2, 0.25) is 0 Å².